The Labute approximate surface area is 119 Å². The van der Waals surface area contributed by atoms with Crippen molar-refractivity contribution in [3.8, 4) is 0 Å². The van der Waals surface area contributed by atoms with Crippen LogP contribution in [0.4, 0.5) is 4.39 Å². The molecule has 0 amide bonds. The second kappa shape index (κ2) is 5.52. The van der Waals surface area contributed by atoms with E-state index in [2.05, 4.69) is 28.7 Å². The molecule has 0 atom stereocenters. The van der Waals surface area contributed by atoms with Crippen molar-refractivity contribution in [1.29, 1.82) is 0 Å². The van der Waals surface area contributed by atoms with Gasteiger partial charge in [-0.15, -0.1) is 0 Å². The van der Waals surface area contributed by atoms with Crippen LogP contribution in [0.3, 0.4) is 0 Å². The molecule has 0 radical (unpaired) electrons. The highest BCUT2D eigenvalue weighted by Crippen LogP contribution is 2.23. The Hall–Kier alpha value is -1.42. The quantitative estimate of drug-likeness (QED) is 0.920. The molecule has 3 nitrogen and oxygen atoms in total. The van der Waals surface area contributed by atoms with Gasteiger partial charge in [0.15, 0.2) is 0 Å². The number of nitrogens with one attached hydrogen (secondary N) is 1. The molecule has 0 unspecified atom stereocenters. The first-order chi connectivity index (χ1) is 9.65. The van der Waals surface area contributed by atoms with Crippen molar-refractivity contribution in [2.24, 2.45) is 0 Å². The first-order valence-electron chi connectivity index (χ1n) is 7.55. The molecule has 2 aromatic rings. The van der Waals surface area contributed by atoms with Gasteiger partial charge in [-0.2, -0.15) is 0 Å². The lowest BCUT2D eigenvalue weighted by Crippen LogP contribution is -2.27. The molecule has 0 bridgehead atoms. The summed E-state index contributed by atoms with van der Waals surface area (Å²) in [6, 6.07) is 5.80. The van der Waals surface area contributed by atoms with Gasteiger partial charge in [-0.3, -0.25) is 0 Å². The monoisotopic (exact) mass is 275 g/mol. The fraction of sp³-hybridized carbons (Fsp3) is 0.562. The first kappa shape index (κ1) is 13.6. The predicted octanol–water partition coefficient (Wildman–Crippen LogP) is 3.79. The molecule has 1 aliphatic rings. The van der Waals surface area contributed by atoms with Crippen LogP contribution in [0.2, 0.25) is 0 Å². The first-order valence-corrected chi connectivity index (χ1v) is 7.55. The second-order valence-electron chi connectivity index (χ2n) is 5.99. The molecule has 1 aliphatic carbocycles. The largest absolute Gasteiger partial charge is 0.324 e. The molecule has 108 valence electrons. The van der Waals surface area contributed by atoms with Gasteiger partial charge in [0.2, 0.25) is 0 Å². The maximum Gasteiger partial charge on any atom is 0.125 e. The molecular formula is C16H22FN3. The molecule has 1 aromatic carbocycles. The Bertz CT molecular complexity index is 597. The summed E-state index contributed by atoms with van der Waals surface area (Å²) in [5, 5.41) is 3.59. The van der Waals surface area contributed by atoms with E-state index in [1.54, 1.807) is 0 Å². The maximum absolute atomic E-state index is 13.3. The van der Waals surface area contributed by atoms with E-state index < -0.39 is 0 Å². The van der Waals surface area contributed by atoms with E-state index in [-0.39, 0.29) is 5.82 Å². The highest BCUT2D eigenvalue weighted by molar-refractivity contribution is 5.76. The summed E-state index contributed by atoms with van der Waals surface area (Å²) in [4.78, 5) is 4.62. The van der Waals surface area contributed by atoms with Crippen molar-refractivity contribution in [1.82, 2.24) is 14.9 Å². The van der Waals surface area contributed by atoms with Crippen molar-refractivity contribution in [3.63, 3.8) is 0 Å². The lowest BCUT2D eigenvalue weighted by molar-refractivity contribution is 0.489. The zero-order valence-electron chi connectivity index (χ0n) is 12.2. The number of nitrogens with zero attached hydrogens (tertiary/aromatic N) is 2. The third-order valence-electron chi connectivity index (χ3n) is 4.15. The molecular weight excluding hydrogens is 253 g/mol. The van der Waals surface area contributed by atoms with E-state index >= 15 is 0 Å². The van der Waals surface area contributed by atoms with Gasteiger partial charge in [-0.1, -0.05) is 12.8 Å². The van der Waals surface area contributed by atoms with Gasteiger partial charge in [0, 0.05) is 18.2 Å². The zero-order chi connectivity index (χ0) is 14.1. The highest BCUT2D eigenvalue weighted by Gasteiger charge is 2.17. The number of aromatic nitrogens is 2. The van der Waals surface area contributed by atoms with Crippen LogP contribution < -0.4 is 5.32 Å². The van der Waals surface area contributed by atoms with E-state index in [1.807, 2.05) is 6.07 Å². The normalized spacial score (nSPS) is 16.6. The number of benzene rings is 1. The smallest absolute Gasteiger partial charge is 0.125 e. The molecule has 0 spiro atoms. The lowest BCUT2D eigenvalue weighted by Gasteiger charge is -2.16. The summed E-state index contributed by atoms with van der Waals surface area (Å²) < 4.78 is 15.6. The lowest BCUT2D eigenvalue weighted by atomic mass is 10.2. The van der Waals surface area contributed by atoms with E-state index in [0.717, 1.165) is 23.4 Å². The van der Waals surface area contributed by atoms with Gasteiger partial charge in [0.05, 0.1) is 17.6 Å². The molecule has 1 fully saturated rings. The van der Waals surface area contributed by atoms with Gasteiger partial charge in [0.25, 0.3) is 0 Å². The number of hydrogen-bond donors (Lipinski definition) is 1. The molecule has 4 heteroatoms. The van der Waals surface area contributed by atoms with Crippen LogP contribution in [-0.4, -0.2) is 15.6 Å². The van der Waals surface area contributed by atoms with Crippen molar-refractivity contribution >= 4 is 11.0 Å². The van der Waals surface area contributed by atoms with E-state index in [9.17, 15) is 4.39 Å². The summed E-state index contributed by atoms with van der Waals surface area (Å²) in [5.74, 6) is 0.786. The molecule has 3 rings (SSSR count). The average molecular weight is 275 g/mol. The van der Waals surface area contributed by atoms with Crippen LogP contribution >= 0.6 is 0 Å². The van der Waals surface area contributed by atoms with Crippen LogP contribution in [0.1, 0.15) is 51.4 Å². The Kier molecular flexibility index (Phi) is 3.74. The minimum absolute atomic E-state index is 0.221. The highest BCUT2D eigenvalue weighted by atomic mass is 19.1. The Morgan fingerprint density at radius 1 is 1.35 bits per heavy atom. The summed E-state index contributed by atoms with van der Waals surface area (Å²) in [5.41, 5.74) is 1.77. The Morgan fingerprint density at radius 2 is 2.10 bits per heavy atom. The fourth-order valence-electron chi connectivity index (χ4n) is 3.19. The Balaban J connectivity index is 1.89. The fourth-order valence-corrected chi connectivity index (χ4v) is 3.19. The third-order valence-corrected chi connectivity index (χ3v) is 4.15. The third kappa shape index (κ3) is 2.57. The molecule has 1 saturated carbocycles. The van der Waals surface area contributed by atoms with Crippen LogP contribution in [0.25, 0.3) is 11.0 Å². The summed E-state index contributed by atoms with van der Waals surface area (Å²) in [6.45, 7) is 5.05. The summed E-state index contributed by atoms with van der Waals surface area (Å²) >= 11 is 0. The van der Waals surface area contributed by atoms with Crippen LogP contribution in [0.5, 0.6) is 0 Å². The molecule has 1 N–H and O–H groups in total. The van der Waals surface area contributed by atoms with Gasteiger partial charge in [-0.05, 0) is 38.8 Å². The number of fused-ring (bicyclic) bond motifs is 1. The SMILES string of the molecule is CC(C)n1c(CNC2CCCC2)nc2cc(F)ccc21. The van der Waals surface area contributed by atoms with Crippen LogP contribution in [-0.2, 0) is 6.54 Å². The standard InChI is InChI=1S/C16H22FN3/c1-11(2)20-15-8-7-12(17)9-14(15)19-16(20)10-18-13-5-3-4-6-13/h7-9,11,13,18H,3-6,10H2,1-2H3. The number of hydrogen-bond acceptors (Lipinski definition) is 2. The van der Waals surface area contributed by atoms with E-state index in [4.69, 9.17) is 0 Å². The summed E-state index contributed by atoms with van der Waals surface area (Å²) in [7, 11) is 0. The van der Waals surface area contributed by atoms with E-state index in [0.29, 0.717) is 12.1 Å². The second-order valence-corrected chi connectivity index (χ2v) is 5.99. The summed E-state index contributed by atoms with van der Waals surface area (Å²) in [6.07, 6.45) is 5.17. The van der Waals surface area contributed by atoms with Crippen molar-refractivity contribution in [2.75, 3.05) is 0 Å². The molecule has 1 heterocycles. The average Bonchev–Trinajstić information content (AvgIpc) is 3.02. The topological polar surface area (TPSA) is 29.9 Å². The van der Waals surface area contributed by atoms with E-state index in [1.165, 1.54) is 37.8 Å². The molecule has 0 saturated heterocycles. The van der Waals surface area contributed by atoms with Gasteiger partial charge < -0.3 is 9.88 Å². The van der Waals surface area contributed by atoms with Crippen molar-refractivity contribution in [2.45, 2.75) is 58.2 Å². The number of rotatable bonds is 4. The predicted molar refractivity (Wildman–Crippen MR) is 79.2 cm³/mol. The van der Waals surface area contributed by atoms with Gasteiger partial charge in [-0.25, -0.2) is 9.37 Å². The maximum atomic E-state index is 13.3. The van der Waals surface area contributed by atoms with Gasteiger partial charge in [0.1, 0.15) is 11.6 Å². The van der Waals surface area contributed by atoms with Crippen LogP contribution in [0, 0.1) is 5.82 Å². The number of imidazole rings is 1. The number of halogens is 1. The minimum atomic E-state index is -0.221. The van der Waals surface area contributed by atoms with Crippen molar-refractivity contribution < 1.29 is 4.39 Å². The minimum Gasteiger partial charge on any atom is -0.324 e. The Morgan fingerprint density at radius 3 is 2.80 bits per heavy atom. The zero-order valence-corrected chi connectivity index (χ0v) is 12.2. The van der Waals surface area contributed by atoms with Gasteiger partial charge >= 0.3 is 0 Å². The molecule has 20 heavy (non-hydrogen) atoms. The van der Waals surface area contributed by atoms with Crippen molar-refractivity contribution in [3.05, 3.63) is 29.8 Å². The molecule has 1 aromatic heterocycles. The molecule has 0 aliphatic heterocycles. The van der Waals surface area contributed by atoms with Crippen LogP contribution in [0.15, 0.2) is 18.2 Å².